The SMILES string of the molecule is CC(C)N(C(=O)[C@H](C)OC(=O)CCNS(=O)(=O)c1ccc(Cl)cc1)C(C)C. The third kappa shape index (κ3) is 7.12. The molecule has 0 aliphatic rings. The molecule has 1 atom stereocenters. The van der Waals surface area contributed by atoms with Gasteiger partial charge in [0.25, 0.3) is 5.91 Å². The van der Waals surface area contributed by atoms with Crippen LogP contribution in [0.4, 0.5) is 0 Å². The molecule has 0 unspecified atom stereocenters. The molecule has 0 aromatic heterocycles. The van der Waals surface area contributed by atoms with Crippen LogP contribution in [0.15, 0.2) is 29.2 Å². The highest BCUT2D eigenvalue weighted by Gasteiger charge is 2.27. The zero-order valence-corrected chi connectivity index (χ0v) is 17.8. The number of nitrogens with one attached hydrogen (secondary N) is 1. The Hall–Kier alpha value is -1.64. The van der Waals surface area contributed by atoms with Crippen molar-refractivity contribution < 1.29 is 22.7 Å². The van der Waals surface area contributed by atoms with Gasteiger partial charge in [-0.05, 0) is 58.9 Å². The molecular weight excluding hydrogens is 392 g/mol. The summed E-state index contributed by atoms with van der Waals surface area (Å²) < 4.78 is 31.7. The summed E-state index contributed by atoms with van der Waals surface area (Å²) in [7, 11) is -3.75. The van der Waals surface area contributed by atoms with E-state index in [2.05, 4.69) is 4.72 Å². The van der Waals surface area contributed by atoms with Gasteiger partial charge in [-0.3, -0.25) is 9.59 Å². The fraction of sp³-hybridized carbons (Fsp3) is 0.556. The Bertz CT molecular complexity index is 740. The van der Waals surface area contributed by atoms with Crippen LogP contribution in [0.2, 0.25) is 5.02 Å². The molecule has 1 N–H and O–H groups in total. The molecule has 0 saturated heterocycles. The van der Waals surface area contributed by atoms with Crippen LogP contribution in [0, 0.1) is 0 Å². The molecule has 0 aliphatic heterocycles. The highest BCUT2D eigenvalue weighted by molar-refractivity contribution is 7.89. The fourth-order valence-corrected chi connectivity index (χ4v) is 3.76. The summed E-state index contributed by atoms with van der Waals surface area (Å²) in [6, 6.07) is 5.63. The molecule has 0 spiro atoms. The highest BCUT2D eigenvalue weighted by atomic mass is 35.5. The molecule has 0 fully saturated rings. The largest absolute Gasteiger partial charge is 0.452 e. The Morgan fingerprint density at radius 2 is 1.59 bits per heavy atom. The van der Waals surface area contributed by atoms with E-state index in [0.717, 1.165) is 0 Å². The predicted molar refractivity (Wildman–Crippen MR) is 104 cm³/mol. The topological polar surface area (TPSA) is 92.8 Å². The Balaban J connectivity index is 2.55. The van der Waals surface area contributed by atoms with Crippen molar-refractivity contribution in [1.82, 2.24) is 9.62 Å². The summed E-state index contributed by atoms with van der Waals surface area (Å²) in [6.07, 6.45) is -1.12. The number of sulfonamides is 1. The van der Waals surface area contributed by atoms with Crippen LogP contribution in [0.25, 0.3) is 0 Å². The summed E-state index contributed by atoms with van der Waals surface area (Å²) >= 11 is 5.74. The van der Waals surface area contributed by atoms with Crippen molar-refractivity contribution in [2.75, 3.05) is 6.54 Å². The molecule has 0 radical (unpaired) electrons. The van der Waals surface area contributed by atoms with Crippen LogP contribution < -0.4 is 4.72 Å². The molecule has 1 aromatic carbocycles. The van der Waals surface area contributed by atoms with Crippen LogP contribution in [0.5, 0.6) is 0 Å². The van der Waals surface area contributed by atoms with Gasteiger partial charge in [0, 0.05) is 23.7 Å². The first kappa shape index (κ1) is 23.4. The molecule has 0 saturated carbocycles. The zero-order valence-electron chi connectivity index (χ0n) is 16.2. The summed E-state index contributed by atoms with van der Waals surface area (Å²) in [4.78, 5) is 26.1. The minimum Gasteiger partial charge on any atom is -0.452 e. The average molecular weight is 419 g/mol. The van der Waals surface area contributed by atoms with Crippen LogP contribution >= 0.6 is 11.6 Å². The van der Waals surface area contributed by atoms with Gasteiger partial charge in [0.2, 0.25) is 10.0 Å². The van der Waals surface area contributed by atoms with Gasteiger partial charge in [-0.15, -0.1) is 0 Å². The first-order valence-corrected chi connectivity index (χ1v) is 10.6. The van der Waals surface area contributed by atoms with Crippen molar-refractivity contribution in [3.63, 3.8) is 0 Å². The van der Waals surface area contributed by atoms with E-state index < -0.39 is 22.1 Å². The van der Waals surface area contributed by atoms with Gasteiger partial charge in [0.05, 0.1) is 11.3 Å². The lowest BCUT2D eigenvalue weighted by molar-refractivity contribution is -0.160. The van der Waals surface area contributed by atoms with Crippen LogP contribution in [0.1, 0.15) is 41.0 Å². The second-order valence-electron chi connectivity index (χ2n) is 6.67. The Morgan fingerprint density at radius 3 is 2.07 bits per heavy atom. The number of ether oxygens (including phenoxy) is 1. The number of hydrogen-bond donors (Lipinski definition) is 1. The van der Waals surface area contributed by atoms with Crippen molar-refractivity contribution in [2.24, 2.45) is 0 Å². The van der Waals surface area contributed by atoms with Gasteiger partial charge in [0.15, 0.2) is 6.10 Å². The first-order chi connectivity index (χ1) is 12.5. The maximum atomic E-state index is 12.4. The lowest BCUT2D eigenvalue weighted by Gasteiger charge is -2.32. The van der Waals surface area contributed by atoms with Gasteiger partial charge in [-0.25, -0.2) is 13.1 Å². The maximum absolute atomic E-state index is 12.4. The van der Waals surface area contributed by atoms with Crippen molar-refractivity contribution in [3.8, 4) is 0 Å². The molecule has 1 amide bonds. The smallest absolute Gasteiger partial charge is 0.307 e. The number of rotatable bonds is 9. The quantitative estimate of drug-likeness (QED) is 0.622. The Morgan fingerprint density at radius 1 is 1.07 bits per heavy atom. The summed E-state index contributed by atoms with van der Waals surface area (Å²) in [6.45, 7) is 8.92. The molecular formula is C18H27ClN2O5S. The zero-order chi connectivity index (χ0) is 20.8. The van der Waals surface area contributed by atoms with Gasteiger partial charge in [-0.1, -0.05) is 11.6 Å². The minimum absolute atomic E-state index is 0.0233. The summed E-state index contributed by atoms with van der Waals surface area (Å²) in [5.41, 5.74) is 0. The maximum Gasteiger partial charge on any atom is 0.307 e. The second-order valence-corrected chi connectivity index (χ2v) is 8.87. The molecule has 0 heterocycles. The lowest BCUT2D eigenvalue weighted by atomic mass is 10.2. The van der Waals surface area contributed by atoms with Crippen molar-refractivity contribution in [3.05, 3.63) is 29.3 Å². The van der Waals surface area contributed by atoms with E-state index in [4.69, 9.17) is 16.3 Å². The third-order valence-electron chi connectivity index (χ3n) is 3.77. The number of carbonyl (C=O) groups is 2. The number of hydrogen-bond acceptors (Lipinski definition) is 5. The van der Waals surface area contributed by atoms with E-state index in [1.54, 1.807) is 4.90 Å². The molecule has 1 aromatic rings. The average Bonchev–Trinajstić information content (AvgIpc) is 2.54. The van der Waals surface area contributed by atoms with Crippen LogP contribution in [0.3, 0.4) is 0 Å². The molecule has 27 heavy (non-hydrogen) atoms. The molecule has 1 rings (SSSR count). The highest BCUT2D eigenvalue weighted by Crippen LogP contribution is 2.14. The Kier molecular flexibility index (Phi) is 8.71. The van der Waals surface area contributed by atoms with Gasteiger partial charge in [0.1, 0.15) is 0 Å². The number of halogens is 1. The fourth-order valence-electron chi connectivity index (χ4n) is 2.61. The Labute approximate surface area is 166 Å². The summed E-state index contributed by atoms with van der Waals surface area (Å²) in [5, 5.41) is 0.424. The van der Waals surface area contributed by atoms with E-state index in [-0.39, 0.29) is 35.9 Å². The van der Waals surface area contributed by atoms with Crippen molar-refractivity contribution >= 4 is 33.5 Å². The number of benzene rings is 1. The van der Waals surface area contributed by atoms with E-state index in [0.29, 0.717) is 5.02 Å². The number of amides is 1. The van der Waals surface area contributed by atoms with E-state index in [1.165, 1.54) is 31.2 Å². The predicted octanol–water partition coefficient (Wildman–Crippen LogP) is 2.59. The van der Waals surface area contributed by atoms with E-state index in [1.807, 2.05) is 27.7 Å². The number of carbonyl (C=O) groups excluding carboxylic acids is 2. The monoisotopic (exact) mass is 418 g/mol. The molecule has 0 bridgehead atoms. The standard InChI is InChI=1S/C18H27ClN2O5S/c1-12(2)21(13(3)4)18(23)14(5)26-17(22)10-11-20-27(24,25)16-8-6-15(19)7-9-16/h6-9,12-14,20H,10-11H2,1-5H3/t14-/m0/s1. The molecule has 9 heteroatoms. The van der Waals surface area contributed by atoms with Crippen LogP contribution in [-0.2, 0) is 24.3 Å². The number of nitrogens with zero attached hydrogens (tertiary/aromatic N) is 1. The van der Waals surface area contributed by atoms with Gasteiger partial charge < -0.3 is 9.64 Å². The normalized spacial score (nSPS) is 12.9. The third-order valence-corrected chi connectivity index (χ3v) is 5.50. The van der Waals surface area contributed by atoms with Crippen molar-refractivity contribution in [2.45, 2.75) is 64.1 Å². The summed E-state index contributed by atoms with van der Waals surface area (Å²) in [5.74, 6) is -0.933. The van der Waals surface area contributed by atoms with Gasteiger partial charge >= 0.3 is 5.97 Å². The van der Waals surface area contributed by atoms with Crippen molar-refractivity contribution in [1.29, 1.82) is 0 Å². The second kappa shape index (κ2) is 10.1. The number of esters is 1. The van der Waals surface area contributed by atoms with E-state index >= 15 is 0 Å². The molecule has 7 nitrogen and oxygen atoms in total. The lowest BCUT2D eigenvalue weighted by Crippen LogP contribution is -2.47. The van der Waals surface area contributed by atoms with Gasteiger partial charge in [-0.2, -0.15) is 0 Å². The molecule has 0 aliphatic carbocycles. The van der Waals surface area contributed by atoms with Crippen LogP contribution in [-0.4, -0.2) is 49.9 Å². The first-order valence-electron chi connectivity index (χ1n) is 8.72. The molecule has 152 valence electrons. The van der Waals surface area contributed by atoms with E-state index in [9.17, 15) is 18.0 Å². The minimum atomic E-state index is -3.75.